The number of aliphatic hydroxyl groups is 1. The molecule has 2 rings (SSSR count). The van der Waals surface area contributed by atoms with E-state index in [1.165, 1.54) is 29.8 Å². The predicted molar refractivity (Wildman–Crippen MR) is 108 cm³/mol. The molecule has 0 radical (unpaired) electrons. The molecule has 4 N–H and O–H groups in total. The van der Waals surface area contributed by atoms with Gasteiger partial charge in [-0.25, -0.2) is 13.1 Å². The molecule has 11 heteroatoms. The Kier molecular flexibility index (Phi) is 8.45. The first-order chi connectivity index (χ1) is 12.9. The zero-order valence-electron chi connectivity index (χ0n) is 14.7. The highest BCUT2D eigenvalue weighted by molar-refractivity contribution is 7.89. The number of nitrogens with one attached hydrogen (secondary N) is 3. The second-order valence-corrected chi connectivity index (χ2v) is 8.90. The smallest absolute Gasteiger partial charge is 0.242 e. The molecule has 8 nitrogen and oxygen atoms in total. The van der Waals surface area contributed by atoms with Crippen LogP contribution >= 0.6 is 22.9 Å². The summed E-state index contributed by atoms with van der Waals surface area (Å²) in [5, 5.41) is 16.2. The Hall–Kier alpha value is -1.72. The van der Waals surface area contributed by atoms with Gasteiger partial charge in [0.25, 0.3) is 0 Å². The van der Waals surface area contributed by atoms with E-state index in [-0.39, 0.29) is 18.0 Å². The van der Waals surface area contributed by atoms with Crippen molar-refractivity contribution in [2.45, 2.75) is 17.9 Å². The Morgan fingerprint density at radius 2 is 2.15 bits per heavy atom. The first kappa shape index (κ1) is 21.6. The zero-order valence-corrected chi connectivity index (χ0v) is 17.1. The maximum absolute atomic E-state index is 12.1. The average molecular weight is 432 g/mol. The SMILES string of the molecule is CCNC(=NCC(O)c1ccc(Cl)s1)NCCNS(=O)(=O)c1cccnc1. The molecule has 0 aromatic carbocycles. The second-order valence-electron chi connectivity index (χ2n) is 5.39. The summed E-state index contributed by atoms with van der Waals surface area (Å²) in [7, 11) is -3.59. The van der Waals surface area contributed by atoms with E-state index in [4.69, 9.17) is 11.6 Å². The Bertz CT molecular complexity index is 843. The van der Waals surface area contributed by atoms with E-state index in [1.54, 1.807) is 18.2 Å². The lowest BCUT2D eigenvalue weighted by atomic mass is 10.3. The molecule has 27 heavy (non-hydrogen) atoms. The lowest BCUT2D eigenvalue weighted by Gasteiger charge is -2.13. The molecule has 2 aromatic heterocycles. The lowest BCUT2D eigenvalue weighted by Crippen LogP contribution is -2.41. The van der Waals surface area contributed by atoms with E-state index in [9.17, 15) is 13.5 Å². The molecule has 0 aliphatic carbocycles. The van der Waals surface area contributed by atoms with Gasteiger partial charge in [-0.2, -0.15) is 0 Å². The monoisotopic (exact) mass is 431 g/mol. The van der Waals surface area contributed by atoms with Gasteiger partial charge in [-0.3, -0.25) is 9.98 Å². The van der Waals surface area contributed by atoms with Crippen molar-refractivity contribution in [1.29, 1.82) is 0 Å². The summed E-state index contributed by atoms with van der Waals surface area (Å²) in [6.45, 7) is 3.20. The van der Waals surface area contributed by atoms with Gasteiger partial charge in [0.1, 0.15) is 11.0 Å². The van der Waals surface area contributed by atoms with Crippen molar-refractivity contribution in [3.05, 3.63) is 45.9 Å². The Labute approximate surface area is 167 Å². The molecule has 2 aromatic rings. The van der Waals surface area contributed by atoms with Crippen LogP contribution in [0.25, 0.3) is 0 Å². The summed E-state index contributed by atoms with van der Waals surface area (Å²) in [6.07, 6.45) is 2.06. The van der Waals surface area contributed by atoms with E-state index >= 15 is 0 Å². The van der Waals surface area contributed by atoms with Crippen molar-refractivity contribution < 1.29 is 13.5 Å². The van der Waals surface area contributed by atoms with E-state index in [0.29, 0.717) is 23.4 Å². The molecule has 0 amide bonds. The maximum Gasteiger partial charge on any atom is 0.242 e. The largest absolute Gasteiger partial charge is 0.386 e. The molecule has 0 aliphatic heterocycles. The number of hydrogen-bond donors (Lipinski definition) is 4. The van der Waals surface area contributed by atoms with Crippen LogP contribution < -0.4 is 15.4 Å². The number of hydrogen-bond acceptors (Lipinski definition) is 6. The van der Waals surface area contributed by atoms with Crippen LogP contribution in [-0.2, 0) is 10.0 Å². The molecule has 148 valence electrons. The van der Waals surface area contributed by atoms with Crippen LogP contribution in [0.3, 0.4) is 0 Å². The highest BCUT2D eigenvalue weighted by Gasteiger charge is 2.13. The number of aromatic nitrogens is 1. The molecule has 0 saturated carbocycles. The number of pyridine rings is 1. The van der Waals surface area contributed by atoms with Gasteiger partial charge in [0.2, 0.25) is 10.0 Å². The minimum atomic E-state index is -3.59. The molecule has 1 unspecified atom stereocenters. The maximum atomic E-state index is 12.1. The quantitative estimate of drug-likeness (QED) is 0.271. The summed E-state index contributed by atoms with van der Waals surface area (Å²) < 4.78 is 27.3. The van der Waals surface area contributed by atoms with Gasteiger partial charge < -0.3 is 15.7 Å². The summed E-state index contributed by atoms with van der Waals surface area (Å²) >= 11 is 7.18. The van der Waals surface area contributed by atoms with Crippen LogP contribution in [0.5, 0.6) is 0 Å². The normalized spacial score (nSPS) is 13.4. The summed E-state index contributed by atoms with van der Waals surface area (Å²) in [6, 6.07) is 6.54. The molecule has 0 bridgehead atoms. The molecule has 1 atom stereocenters. The summed E-state index contributed by atoms with van der Waals surface area (Å²) in [4.78, 5) is 8.97. The van der Waals surface area contributed by atoms with Gasteiger partial charge in [0.05, 0.1) is 10.9 Å². The Morgan fingerprint density at radius 1 is 1.33 bits per heavy atom. The van der Waals surface area contributed by atoms with Crippen molar-refractivity contribution in [1.82, 2.24) is 20.3 Å². The molecule has 0 fully saturated rings. The number of thiophene rings is 1. The number of sulfonamides is 1. The third-order valence-electron chi connectivity index (χ3n) is 3.34. The topological polar surface area (TPSA) is 116 Å². The van der Waals surface area contributed by atoms with Crippen LogP contribution in [-0.4, -0.2) is 50.6 Å². The summed E-state index contributed by atoms with van der Waals surface area (Å²) in [5.74, 6) is 0.486. The Morgan fingerprint density at radius 3 is 2.78 bits per heavy atom. The van der Waals surface area contributed by atoms with Crippen LogP contribution in [0.2, 0.25) is 4.34 Å². The van der Waals surface area contributed by atoms with E-state index < -0.39 is 16.1 Å². The third kappa shape index (κ3) is 7.07. The van der Waals surface area contributed by atoms with Gasteiger partial charge >= 0.3 is 0 Å². The second kappa shape index (κ2) is 10.6. The van der Waals surface area contributed by atoms with Gasteiger partial charge in [-0.05, 0) is 31.2 Å². The fourth-order valence-electron chi connectivity index (χ4n) is 2.07. The molecule has 2 heterocycles. The first-order valence-corrected chi connectivity index (χ1v) is 11.0. The fraction of sp³-hybridized carbons (Fsp3) is 0.375. The zero-order chi connectivity index (χ0) is 19.7. The molecular weight excluding hydrogens is 410 g/mol. The van der Waals surface area contributed by atoms with Crippen LogP contribution in [0.4, 0.5) is 0 Å². The van der Waals surface area contributed by atoms with Gasteiger partial charge in [0.15, 0.2) is 5.96 Å². The number of halogens is 1. The number of rotatable bonds is 9. The van der Waals surface area contributed by atoms with E-state index in [2.05, 4.69) is 25.3 Å². The van der Waals surface area contributed by atoms with Crippen molar-refractivity contribution >= 4 is 38.9 Å². The van der Waals surface area contributed by atoms with Gasteiger partial charge in [-0.1, -0.05) is 11.6 Å². The first-order valence-electron chi connectivity index (χ1n) is 8.27. The summed E-state index contributed by atoms with van der Waals surface area (Å²) in [5.41, 5.74) is 0. The molecule has 0 aliphatic rings. The third-order valence-corrected chi connectivity index (χ3v) is 6.12. The highest BCUT2D eigenvalue weighted by Crippen LogP contribution is 2.26. The molecule has 0 spiro atoms. The average Bonchev–Trinajstić information content (AvgIpc) is 3.10. The van der Waals surface area contributed by atoms with Crippen molar-refractivity contribution in [2.24, 2.45) is 4.99 Å². The van der Waals surface area contributed by atoms with Gasteiger partial charge in [0, 0.05) is 36.9 Å². The fourth-order valence-corrected chi connectivity index (χ4v) is 4.11. The number of guanidine groups is 1. The number of nitrogens with zero attached hydrogens (tertiary/aromatic N) is 2. The number of aliphatic hydroxyl groups excluding tert-OH is 1. The molecular formula is C16H22ClN5O3S2. The van der Waals surface area contributed by atoms with Crippen LogP contribution in [0, 0.1) is 0 Å². The van der Waals surface area contributed by atoms with Crippen molar-refractivity contribution in [3.63, 3.8) is 0 Å². The minimum Gasteiger partial charge on any atom is -0.386 e. The van der Waals surface area contributed by atoms with E-state index in [1.807, 2.05) is 6.92 Å². The molecule has 0 saturated heterocycles. The van der Waals surface area contributed by atoms with Gasteiger partial charge in [-0.15, -0.1) is 11.3 Å². The van der Waals surface area contributed by atoms with Crippen LogP contribution in [0.1, 0.15) is 17.9 Å². The standard InChI is InChI=1S/C16H22ClN5O3S2/c1-2-19-16(21-11-13(23)14-5-6-15(17)26-14)20-8-9-22-27(24,25)12-4-3-7-18-10-12/h3-7,10,13,22-23H,2,8-9,11H2,1H3,(H2,19,20,21). The lowest BCUT2D eigenvalue weighted by molar-refractivity contribution is 0.191. The minimum absolute atomic E-state index is 0.114. The van der Waals surface area contributed by atoms with E-state index in [0.717, 1.165) is 4.88 Å². The Balaban J connectivity index is 1.83. The highest BCUT2D eigenvalue weighted by atomic mass is 35.5. The van der Waals surface area contributed by atoms with Crippen molar-refractivity contribution in [3.8, 4) is 0 Å². The predicted octanol–water partition coefficient (Wildman–Crippen LogP) is 1.36. The van der Waals surface area contributed by atoms with Crippen LogP contribution in [0.15, 0.2) is 46.5 Å². The number of aliphatic imine (C=N–C) groups is 1. The van der Waals surface area contributed by atoms with Crippen molar-refractivity contribution in [2.75, 3.05) is 26.2 Å².